The SMILES string of the molecule is O=[N+]([O-])c1ccccc1-c1ccc(S(=O)(=O)NCCCCCO)cc1. The van der Waals surface area contributed by atoms with Gasteiger partial charge in [0.2, 0.25) is 10.0 Å². The maximum Gasteiger partial charge on any atom is 0.277 e. The quantitative estimate of drug-likeness (QED) is 0.404. The first-order chi connectivity index (χ1) is 12.0. The summed E-state index contributed by atoms with van der Waals surface area (Å²) in [6.45, 7) is 0.397. The molecule has 8 heteroatoms. The predicted octanol–water partition coefficient (Wildman–Crippen LogP) is 2.70. The monoisotopic (exact) mass is 364 g/mol. The third kappa shape index (κ3) is 5.09. The van der Waals surface area contributed by atoms with Gasteiger partial charge in [0.05, 0.1) is 15.4 Å². The molecule has 0 saturated heterocycles. The van der Waals surface area contributed by atoms with Gasteiger partial charge in [-0.1, -0.05) is 24.3 Å². The van der Waals surface area contributed by atoms with Crippen LogP contribution in [0.2, 0.25) is 0 Å². The van der Waals surface area contributed by atoms with Gasteiger partial charge in [0.15, 0.2) is 0 Å². The molecule has 0 atom stereocenters. The second-order valence-electron chi connectivity index (χ2n) is 5.48. The Balaban J connectivity index is 2.13. The van der Waals surface area contributed by atoms with Crippen molar-refractivity contribution in [2.24, 2.45) is 0 Å². The summed E-state index contributed by atoms with van der Waals surface area (Å²) in [7, 11) is -3.62. The minimum absolute atomic E-state index is 0.0277. The molecule has 0 aliphatic heterocycles. The summed E-state index contributed by atoms with van der Waals surface area (Å²) >= 11 is 0. The molecular formula is C17H20N2O5S. The lowest BCUT2D eigenvalue weighted by Crippen LogP contribution is -2.24. The van der Waals surface area contributed by atoms with Gasteiger partial charge in [-0.15, -0.1) is 0 Å². The molecule has 0 spiro atoms. The lowest BCUT2D eigenvalue weighted by molar-refractivity contribution is -0.384. The number of aliphatic hydroxyl groups is 1. The van der Waals surface area contributed by atoms with Gasteiger partial charge >= 0.3 is 0 Å². The number of aliphatic hydroxyl groups excluding tert-OH is 1. The van der Waals surface area contributed by atoms with Crippen LogP contribution in [0, 0.1) is 10.1 Å². The first kappa shape index (κ1) is 19.0. The minimum atomic E-state index is -3.62. The van der Waals surface area contributed by atoms with Crippen LogP contribution in [0.4, 0.5) is 5.69 Å². The second-order valence-corrected chi connectivity index (χ2v) is 7.25. The Bertz CT molecular complexity index is 819. The van der Waals surface area contributed by atoms with E-state index in [1.807, 2.05) is 0 Å². The molecule has 0 saturated carbocycles. The summed E-state index contributed by atoms with van der Waals surface area (Å²) in [6, 6.07) is 12.3. The highest BCUT2D eigenvalue weighted by atomic mass is 32.2. The lowest BCUT2D eigenvalue weighted by atomic mass is 10.0. The Morgan fingerprint density at radius 3 is 2.32 bits per heavy atom. The largest absolute Gasteiger partial charge is 0.396 e. The van der Waals surface area contributed by atoms with Crippen molar-refractivity contribution in [2.75, 3.05) is 13.2 Å². The van der Waals surface area contributed by atoms with Gasteiger partial charge < -0.3 is 5.11 Å². The molecule has 0 fully saturated rings. The number of nitro benzene ring substituents is 1. The van der Waals surface area contributed by atoms with Crippen molar-refractivity contribution in [1.82, 2.24) is 4.72 Å². The summed E-state index contributed by atoms with van der Waals surface area (Å²) < 4.78 is 26.9. The van der Waals surface area contributed by atoms with Crippen LogP contribution in [0.1, 0.15) is 19.3 Å². The van der Waals surface area contributed by atoms with E-state index in [1.54, 1.807) is 30.3 Å². The van der Waals surface area contributed by atoms with Crippen molar-refractivity contribution in [3.8, 4) is 11.1 Å². The van der Waals surface area contributed by atoms with Gasteiger partial charge in [-0.05, 0) is 43.0 Å². The Morgan fingerprint density at radius 1 is 1.00 bits per heavy atom. The average molecular weight is 364 g/mol. The first-order valence-electron chi connectivity index (χ1n) is 7.90. The molecule has 0 aromatic heterocycles. The molecule has 0 amide bonds. The molecule has 7 nitrogen and oxygen atoms in total. The zero-order valence-corrected chi connectivity index (χ0v) is 14.4. The van der Waals surface area contributed by atoms with E-state index in [0.717, 1.165) is 6.42 Å². The molecule has 0 radical (unpaired) electrons. The van der Waals surface area contributed by atoms with Gasteiger partial charge in [0.25, 0.3) is 5.69 Å². The Morgan fingerprint density at radius 2 is 1.68 bits per heavy atom. The van der Waals surface area contributed by atoms with Gasteiger partial charge in [-0.25, -0.2) is 13.1 Å². The van der Waals surface area contributed by atoms with Crippen molar-refractivity contribution < 1.29 is 18.4 Å². The van der Waals surface area contributed by atoms with Crippen LogP contribution in [0.15, 0.2) is 53.4 Å². The molecule has 2 N–H and O–H groups in total. The number of para-hydroxylation sites is 1. The fraction of sp³-hybridized carbons (Fsp3) is 0.294. The Labute approximate surface area is 146 Å². The average Bonchev–Trinajstić information content (AvgIpc) is 2.61. The number of rotatable bonds is 9. The Kier molecular flexibility index (Phi) is 6.63. The zero-order valence-electron chi connectivity index (χ0n) is 13.6. The number of benzene rings is 2. The van der Waals surface area contributed by atoms with E-state index >= 15 is 0 Å². The predicted molar refractivity (Wildman–Crippen MR) is 94.7 cm³/mol. The van der Waals surface area contributed by atoms with Crippen molar-refractivity contribution >= 4 is 15.7 Å². The number of nitrogens with one attached hydrogen (secondary N) is 1. The van der Waals surface area contributed by atoms with E-state index in [4.69, 9.17) is 5.11 Å². The molecule has 2 rings (SSSR count). The van der Waals surface area contributed by atoms with E-state index in [0.29, 0.717) is 30.5 Å². The highest BCUT2D eigenvalue weighted by Gasteiger charge is 2.16. The third-order valence-corrected chi connectivity index (χ3v) is 5.18. The molecule has 25 heavy (non-hydrogen) atoms. The van der Waals surface area contributed by atoms with E-state index in [2.05, 4.69) is 4.72 Å². The van der Waals surface area contributed by atoms with Gasteiger partial charge in [0, 0.05) is 19.2 Å². The number of unbranched alkanes of at least 4 members (excludes halogenated alkanes) is 2. The summed E-state index contributed by atoms with van der Waals surface area (Å²) in [4.78, 5) is 10.7. The minimum Gasteiger partial charge on any atom is -0.396 e. The topological polar surface area (TPSA) is 110 Å². The van der Waals surface area contributed by atoms with Crippen LogP contribution in [0.3, 0.4) is 0 Å². The lowest BCUT2D eigenvalue weighted by Gasteiger charge is -2.08. The number of sulfonamides is 1. The fourth-order valence-electron chi connectivity index (χ4n) is 2.39. The number of hydrogen-bond donors (Lipinski definition) is 2. The van der Waals surface area contributed by atoms with Crippen molar-refractivity contribution in [3.63, 3.8) is 0 Å². The van der Waals surface area contributed by atoms with Crippen LogP contribution in [0.5, 0.6) is 0 Å². The fourth-order valence-corrected chi connectivity index (χ4v) is 3.47. The highest BCUT2D eigenvalue weighted by Crippen LogP contribution is 2.29. The van der Waals surface area contributed by atoms with Crippen molar-refractivity contribution in [3.05, 3.63) is 58.6 Å². The van der Waals surface area contributed by atoms with Crippen molar-refractivity contribution in [2.45, 2.75) is 24.2 Å². The molecule has 0 aliphatic rings. The molecule has 2 aromatic rings. The van der Waals surface area contributed by atoms with E-state index in [-0.39, 0.29) is 17.2 Å². The van der Waals surface area contributed by atoms with E-state index < -0.39 is 14.9 Å². The maximum atomic E-state index is 12.2. The van der Waals surface area contributed by atoms with Crippen LogP contribution in [-0.2, 0) is 10.0 Å². The zero-order chi connectivity index (χ0) is 18.3. The number of nitro groups is 1. The van der Waals surface area contributed by atoms with Gasteiger partial charge in [-0.2, -0.15) is 0 Å². The first-order valence-corrected chi connectivity index (χ1v) is 9.38. The van der Waals surface area contributed by atoms with Crippen LogP contribution in [-0.4, -0.2) is 31.6 Å². The maximum absolute atomic E-state index is 12.2. The summed E-state index contributed by atoms with van der Waals surface area (Å²) in [5.74, 6) is 0. The van der Waals surface area contributed by atoms with Crippen LogP contribution in [0.25, 0.3) is 11.1 Å². The van der Waals surface area contributed by atoms with E-state index in [1.165, 1.54) is 18.2 Å². The molecule has 0 bridgehead atoms. The molecular weight excluding hydrogens is 344 g/mol. The standard InChI is InChI=1S/C17H20N2O5S/c20-13-5-1-4-12-18-25(23,24)15-10-8-14(9-11-15)16-6-2-3-7-17(16)19(21)22/h2-3,6-11,18,20H,1,4-5,12-13H2. The molecule has 0 heterocycles. The molecule has 134 valence electrons. The molecule has 2 aromatic carbocycles. The molecule has 0 aliphatic carbocycles. The van der Waals surface area contributed by atoms with Crippen molar-refractivity contribution in [1.29, 1.82) is 0 Å². The van der Waals surface area contributed by atoms with Gasteiger partial charge in [0.1, 0.15) is 0 Å². The number of hydrogen-bond acceptors (Lipinski definition) is 5. The normalized spacial score (nSPS) is 11.4. The highest BCUT2D eigenvalue weighted by molar-refractivity contribution is 7.89. The smallest absolute Gasteiger partial charge is 0.277 e. The summed E-state index contributed by atoms with van der Waals surface area (Å²) in [5, 5.41) is 19.8. The number of nitrogens with zero attached hydrogens (tertiary/aromatic N) is 1. The second kappa shape index (κ2) is 8.70. The third-order valence-electron chi connectivity index (χ3n) is 3.70. The molecule has 0 unspecified atom stereocenters. The summed E-state index contributed by atoms with van der Waals surface area (Å²) in [6.07, 6.45) is 2.04. The van der Waals surface area contributed by atoms with E-state index in [9.17, 15) is 18.5 Å². The van der Waals surface area contributed by atoms with Crippen LogP contribution >= 0.6 is 0 Å². The van der Waals surface area contributed by atoms with Crippen LogP contribution < -0.4 is 4.72 Å². The summed E-state index contributed by atoms with van der Waals surface area (Å²) in [5.41, 5.74) is 0.989. The Hall–Kier alpha value is -2.29. The van der Waals surface area contributed by atoms with Gasteiger partial charge in [-0.3, -0.25) is 10.1 Å².